The Bertz CT molecular complexity index is 209. The van der Waals surface area contributed by atoms with Crippen LogP contribution in [0.15, 0.2) is 0 Å². The Hall–Kier alpha value is -0.0800. The number of rotatable bonds is 9. The molecule has 20 heavy (non-hydrogen) atoms. The lowest BCUT2D eigenvalue weighted by atomic mass is 9.90. The second-order valence-electron chi connectivity index (χ2n) is 6.47. The summed E-state index contributed by atoms with van der Waals surface area (Å²) in [5, 5.41) is 3.79. The molecule has 0 saturated heterocycles. The van der Waals surface area contributed by atoms with E-state index in [0.717, 1.165) is 18.6 Å². The lowest BCUT2D eigenvalue weighted by Crippen LogP contribution is -2.51. The largest absolute Gasteiger partial charge is 0.313 e. The molecule has 2 atom stereocenters. The standard InChI is InChI=1S/C18H38N2/c1-4-7-15-20(16-8-5-2)18-14-12-10-9-11-13-17(18)19-6-3/h17-19H,4-16H2,1-3H3. The first-order valence-corrected chi connectivity index (χ1v) is 9.30. The third kappa shape index (κ3) is 6.58. The number of hydrogen-bond acceptors (Lipinski definition) is 2. The summed E-state index contributed by atoms with van der Waals surface area (Å²) in [6, 6.07) is 1.52. The van der Waals surface area contributed by atoms with E-state index in [1.807, 2.05) is 0 Å². The average molecular weight is 283 g/mol. The molecule has 2 nitrogen and oxygen atoms in total. The fourth-order valence-corrected chi connectivity index (χ4v) is 3.57. The van der Waals surface area contributed by atoms with Gasteiger partial charge in [-0.3, -0.25) is 4.90 Å². The lowest BCUT2D eigenvalue weighted by molar-refractivity contribution is 0.130. The Kier molecular flexibility index (Phi) is 10.4. The maximum absolute atomic E-state index is 3.79. The van der Waals surface area contributed by atoms with Crippen LogP contribution >= 0.6 is 0 Å². The van der Waals surface area contributed by atoms with E-state index in [1.54, 1.807) is 0 Å². The van der Waals surface area contributed by atoms with Crippen LogP contribution in [0.5, 0.6) is 0 Å². The van der Waals surface area contributed by atoms with Crippen LogP contribution < -0.4 is 5.32 Å². The maximum Gasteiger partial charge on any atom is 0.0249 e. The van der Waals surface area contributed by atoms with E-state index in [9.17, 15) is 0 Å². The van der Waals surface area contributed by atoms with Gasteiger partial charge in [-0.1, -0.05) is 59.3 Å². The molecule has 2 unspecified atom stereocenters. The molecule has 0 spiro atoms. The van der Waals surface area contributed by atoms with Gasteiger partial charge in [0.05, 0.1) is 0 Å². The van der Waals surface area contributed by atoms with Gasteiger partial charge in [0.25, 0.3) is 0 Å². The van der Waals surface area contributed by atoms with Gasteiger partial charge >= 0.3 is 0 Å². The Morgan fingerprint density at radius 2 is 1.45 bits per heavy atom. The van der Waals surface area contributed by atoms with E-state index in [0.29, 0.717) is 0 Å². The van der Waals surface area contributed by atoms with Gasteiger partial charge in [0, 0.05) is 12.1 Å². The van der Waals surface area contributed by atoms with Crippen LogP contribution in [-0.2, 0) is 0 Å². The first kappa shape index (κ1) is 18.0. The highest BCUT2D eigenvalue weighted by Crippen LogP contribution is 2.23. The fraction of sp³-hybridized carbons (Fsp3) is 1.00. The topological polar surface area (TPSA) is 15.3 Å². The number of nitrogens with zero attached hydrogens (tertiary/aromatic N) is 1. The molecule has 1 aliphatic carbocycles. The van der Waals surface area contributed by atoms with Gasteiger partial charge < -0.3 is 5.32 Å². The van der Waals surface area contributed by atoms with Crippen LogP contribution in [0.3, 0.4) is 0 Å². The van der Waals surface area contributed by atoms with Gasteiger partial charge in [0.2, 0.25) is 0 Å². The van der Waals surface area contributed by atoms with Crippen LogP contribution in [0, 0.1) is 0 Å². The van der Waals surface area contributed by atoms with Crippen molar-refractivity contribution in [2.24, 2.45) is 0 Å². The summed E-state index contributed by atoms with van der Waals surface area (Å²) in [5.74, 6) is 0. The summed E-state index contributed by atoms with van der Waals surface area (Å²) >= 11 is 0. The second-order valence-corrected chi connectivity index (χ2v) is 6.47. The minimum atomic E-state index is 0.731. The molecule has 0 aromatic carbocycles. The number of hydrogen-bond donors (Lipinski definition) is 1. The van der Waals surface area contributed by atoms with Crippen LogP contribution in [0.4, 0.5) is 0 Å². The summed E-state index contributed by atoms with van der Waals surface area (Å²) in [7, 11) is 0. The van der Waals surface area contributed by atoms with Gasteiger partial charge in [-0.15, -0.1) is 0 Å². The number of likely N-dealkylation sites (N-methyl/N-ethyl adjacent to an activating group) is 1. The van der Waals surface area contributed by atoms with Crippen molar-refractivity contribution in [1.29, 1.82) is 0 Å². The van der Waals surface area contributed by atoms with Crippen molar-refractivity contribution in [3.05, 3.63) is 0 Å². The molecule has 0 heterocycles. The molecule has 1 rings (SSSR count). The summed E-state index contributed by atoms with van der Waals surface area (Å²) in [5.41, 5.74) is 0. The van der Waals surface area contributed by atoms with Crippen LogP contribution in [0.2, 0.25) is 0 Å². The first-order valence-electron chi connectivity index (χ1n) is 9.30. The highest BCUT2D eigenvalue weighted by atomic mass is 15.2. The minimum absolute atomic E-state index is 0.731. The van der Waals surface area contributed by atoms with Crippen molar-refractivity contribution in [2.75, 3.05) is 19.6 Å². The summed E-state index contributed by atoms with van der Waals surface area (Å²) in [6.45, 7) is 10.6. The van der Waals surface area contributed by atoms with Crippen molar-refractivity contribution < 1.29 is 0 Å². The summed E-state index contributed by atoms with van der Waals surface area (Å²) in [6.07, 6.45) is 13.9. The molecule has 120 valence electrons. The van der Waals surface area contributed by atoms with Crippen molar-refractivity contribution in [3.8, 4) is 0 Å². The molecule has 1 N–H and O–H groups in total. The molecule has 2 heteroatoms. The van der Waals surface area contributed by atoms with Crippen molar-refractivity contribution in [1.82, 2.24) is 10.2 Å². The Morgan fingerprint density at radius 3 is 2.00 bits per heavy atom. The number of nitrogens with one attached hydrogen (secondary N) is 1. The maximum atomic E-state index is 3.79. The minimum Gasteiger partial charge on any atom is -0.313 e. The normalized spacial score (nSPS) is 24.6. The van der Waals surface area contributed by atoms with Gasteiger partial charge in [-0.2, -0.15) is 0 Å². The van der Waals surface area contributed by atoms with Crippen LogP contribution in [-0.4, -0.2) is 36.6 Å². The quantitative estimate of drug-likeness (QED) is 0.665. The van der Waals surface area contributed by atoms with Crippen molar-refractivity contribution in [2.45, 2.75) is 97.1 Å². The predicted molar refractivity (Wildman–Crippen MR) is 90.3 cm³/mol. The molecular formula is C18H38N2. The third-order valence-electron chi connectivity index (χ3n) is 4.76. The molecule has 0 radical (unpaired) electrons. The molecule has 0 amide bonds. The van der Waals surface area contributed by atoms with E-state index in [4.69, 9.17) is 0 Å². The van der Waals surface area contributed by atoms with Crippen molar-refractivity contribution in [3.63, 3.8) is 0 Å². The molecule has 1 aliphatic rings. The highest BCUT2D eigenvalue weighted by Gasteiger charge is 2.26. The van der Waals surface area contributed by atoms with Crippen LogP contribution in [0.25, 0.3) is 0 Å². The zero-order valence-electron chi connectivity index (χ0n) is 14.3. The van der Waals surface area contributed by atoms with E-state index in [2.05, 4.69) is 31.0 Å². The molecule has 0 aromatic heterocycles. The highest BCUT2D eigenvalue weighted by molar-refractivity contribution is 4.86. The Morgan fingerprint density at radius 1 is 0.850 bits per heavy atom. The summed E-state index contributed by atoms with van der Waals surface area (Å²) < 4.78 is 0. The molecule has 0 bridgehead atoms. The van der Waals surface area contributed by atoms with E-state index in [1.165, 1.54) is 77.3 Å². The molecular weight excluding hydrogens is 244 g/mol. The Balaban J connectivity index is 2.66. The number of unbranched alkanes of at least 4 members (excludes halogenated alkanes) is 2. The third-order valence-corrected chi connectivity index (χ3v) is 4.76. The van der Waals surface area contributed by atoms with Gasteiger partial charge in [-0.05, 0) is 45.3 Å². The van der Waals surface area contributed by atoms with Gasteiger partial charge in [-0.25, -0.2) is 0 Å². The van der Waals surface area contributed by atoms with E-state index < -0.39 is 0 Å². The lowest BCUT2D eigenvalue weighted by Gasteiger charge is -2.39. The zero-order chi connectivity index (χ0) is 14.6. The first-order chi connectivity index (χ1) is 9.83. The molecule has 1 fully saturated rings. The Labute approximate surface area is 127 Å². The average Bonchev–Trinajstić information content (AvgIpc) is 2.43. The SMILES string of the molecule is CCCCN(CCCC)C1CCCCCCC1NCC. The molecule has 0 aliphatic heterocycles. The van der Waals surface area contributed by atoms with Crippen molar-refractivity contribution >= 4 is 0 Å². The van der Waals surface area contributed by atoms with E-state index in [-0.39, 0.29) is 0 Å². The van der Waals surface area contributed by atoms with Gasteiger partial charge in [0.1, 0.15) is 0 Å². The molecule has 0 aromatic rings. The summed E-state index contributed by atoms with van der Waals surface area (Å²) in [4.78, 5) is 2.83. The monoisotopic (exact) mass is 282 g/mol. The zero-order valence-corrected chi connectivity index (χ0v) is 14.3. The van der Waals surface area contributed by atoms with Crippen LogP contribution in [0.1, 0.15) is 85.0 Å². The van der Waals surface area contributed by atoms with E-state index >= 15 is 0 Å². The predicted octanol–water partition coefficient (Wildman–Crippen LogP) is 4.59. The second kappa shape index (κ2) is 11.6. The fourth-order valence-electron chi connectivity index (χ4n) is 3.57. The molecule has 1 saturated carbocycles. The smallest absolute Gasteiger partial charge is 0.0249 e. The van der Waals surface area contributed by atoms with Gasteiger partial charge in [0.15, 0.2) is 0 Å².